The predicted molar refractivity (Wildman–Crippen MR) is 70.8 cm³/mol. The molecule has 0 aromatic rings. The van der Waals surface area contributed by atoms with Gasteiger partial charge in [-0.05, 0) is 0 Å². The highest BCUT2D eigenvalue weighted by molar-refractivity contribution is 4.90. The third-order valence-corrected chi connectivity index (χ3v) is 3.65. The number of aliphatic hydroxyl groups excluding tert-OH is 9. The van der Waals surface area contributed by atoms with Crippen LogP contribution in [0.4, 0.5) is 0 Å². The van der Waals surface area contributed by atoms with Gasteiger partial charge in [0.2, 0.25) is 0 Å². The summed E-state index contributed by atoms with van der Waals surface area (Å²) in [5.74, 6) is 0. The zero-order valence-electron chi connectivity index (χ0n) is 12.2. The molecule has 0 aromatic heterocycles. The Morgan fingerprint density at radius 2 is 1.43 bits per heavy atom. The molecule has 0 saturated carbocycles. The van der Waals surface area contributed by atoms with E-state index < -0.39 is 74.9 Å². The lowest BCUT2D eigenvalue weighted by molar-refractivity contribution is -0.322. The summed E-state index contributed by atoms with van der Waals surface area (Å²) in [6, 6.07) is 0. The summed E-state index contributed by atoms with van der Waals surface area (Å²) in [4.78, 5) is 0. The van der Waals surface area contributed by atoms with Gasteiger partial charge in [-0.25, -0.2) is 0 Å². The number of rotatable bonds is 8. The molecular formula is C12H24O11. The van der Waals surface area contributed by atoms with Gasteiger partial charge >= 0.3 is 0 Å². The molecule has 23 heavy (non-hydrogen) atoms. The van der Waals surface area contributed by atoms with Crippen LogP contribution in [-0.2, 0) is 9.47 Å². The normalized spacial score (nSPS) is 37.2. The smallest absolute Gasteiger partial charge is 0.187 e. The van der Waals surface area contributed by atoms with E-state index in [2.05, 4.69) is 0 Å². The molecular weight excluding hydrogens is 320 g/mol. The standard InChI is InChI=1S/C12H24O11/c13-1-4(16)7(17)8(18)5(2-14)22-12-11(21)10(20)9(19)6(3-15)23-12/h4-21H,1-3H2/t4-,5+,6-,7-,8-,9-,10+,11-,12-/m1/s1. The van der Waals surface area contributed by atoms with Crippen molar-refractivity contribution >= 4 is 0 Å². The Labute approximate surface area is 131 Å². The fourth-order valence-electron chi connectivity index (χ4n) is 2.14. The first-order valence-corrected chi connectivity index (χ1v) is 7.00. The summed E-state index contributed by atoms with van der Waals surface area (Å²) >= 11 is 0. The van der Waals surface area contributed by atoms with Crippen molar-refractivity contribution < 1.29 is 55.4 Å². The summed E-state index contributed by atoms with van der Waals surface area (Å²) in [6.45, 7) is -2.40. The van der Waals surface area contributed by atoms with Crippen molar-refractivity contribution in [2.24, 2.45) is 0 Å². The molecule has 0 aromatic carbocycles. The molecule has 1 heterocycles. The lowest BCUT2D eigenvalue weighted by Gasteiger charge is -2.41. The van der Waals surface area contributed by atoms with E-state index >= 15 is 0 Å². The van der Waals surface area contributed by atoms with Crippen LogP contribution in [0, 0.1) is 0 Å². The maximum Gasteiger partial charge on any atom is 0.187 e. The molecule has 11 nitrogen and oxygen atoms in total. The maximum atomic E-state index is 9.83. The summed E-state index contributed by atoms with van der Waals surface area (Å²) < 4.78 is 10.1. The molecule has 0 spiro atoms. The van der Waals surface area contributed by atoms with Gasteiger partial charge in [-0.1, -0.05) is 0 Å². The zero-order chi connectivity index (χ0) is 17.7. The molecule has 1 aliphatic rings. The highest BCUT2D eigenvalue weighted by Gasteiger charge is 2.46. The van der Waals surface area contributed by atoms with Crippen molar-refractivity contribution in [1.29, 1.82) is 0 Å². The molecule has 138 valence electrons. The Kier molecular flexibility index (Phi) is 8.20. The van der Waals surface area contributed by atoms with Crippen LogP contribution in [0.3, 0.4) is 0 Å². The van der Waals surface area contributed by atoms with Gasteiger partial charge in [0, 0.05) is 0 Å². The zero-order valence-corrected chi connectivity index (χ0v) is 12.2. The summed E-state index contributed by atoms with van der Waals surface area (Å²) in [6.07, 6.45) is -14.9. The third-order valence-electron chi connectivity index (χ3n) is 3.65. The molecule has 0 bridgehead atoms. The molecule has 0 aliphatic carbocycles. The third kappa shape index (κ3) is 4.78. The quantitative estimate of drug-likeness (QED) is 0.203. The van der Waals surface area contributed by atoms with Crippen LogP contribution in [0.25, 0.3) is 0 Å². The minimum Gasteiger partial charge on any atom is -0.394 e. The number of ether oxygens (including phenoxy) is 2. The molecule has 0 radical (unpaired) electrons. The van der Waals surface area contributed by atoms with Crippen molar-refractivity contribution in [3.63, 3.8) is 0 Å². The van der Waals surface area contributed by atoms with Gasteiger partial charge in [0.25, 0.3) is 0 Å². The van der Waals surface area contributed by atoms with E-state index in [0.717, 1.165) is 0 Å². The summed E-state index contributed by atoms with van der Waals surface area (Å²) in [5, 5.41) is 84.7. The fourth-order valence-corrected chi connectivity index (χ4v) is 2.14. The topological polar surface area (TPSA) is 201 Å². The summed E-state index contributed by atoms with van der Waals surface area (Å²) in [7, 11) is 0. The lowest BCUT2D eigenvalue weighted by atomic mass is 9.99. The van der Waals surface area contributed by atoms with Gasteiger partial charge in [0.1, 0.15) is 48.8 Å². The van der Waals surface area contributed by atoms with Crippen LogP contribution in [-0.4, -0.2) is 121 Å². The Bertz CT molecular complexity index is 341. The molecule has 9 atom stereocenters. The van der Waals surface area contributed by atoms with Crippen LogP contribution in [0.1, 0.15) is 0 Å². The van der Waals surface area contributed by atoms with Gasteiger partial charge < -0.3 is 55.4 Å². The van der Waals surface area contributed by atoms with Gasteiger partial charge in [-0.15, -0.1) is 0 Å². The van der Waals surface area contributed by atoms with Gasteiger partial charge in [0.05, 0.1) is 19.8 Å². The van der Waals surface area contributed by atoms with Crippen molar-refractivity contribution in [3.05, 3.63) is 0 Å². The first-order valence-electron chi connectivity index (χ1n) is 7.00. The van der Waals surface area contributed by atoms with Gasteiger partial charge in [-0.2, -0.15) is 0 Å². The minimum absolute atomic E-state index is 0.691. The maximum absolute atomic E-state index is 9.83. The van der Waals surface area contributed by atoms with Gasteiger partial charge in [-0.3, -0.25) is 0 Å². The van der Waals surface area contributed by atoms with Crippen LogP contribution >= 0.6 is 0 Å². The van der Waals surface area contributed by atoms with Crippen LogP contribution in [0.5, 0.6) is 0 Å². The van der Waals surface area contributed by atoms with Crippen molar-refractivity contribution in [1.82, 2.24) is 0 Å². The van der Waals surface area contributed by atoms with Crippen molar-refractivity contribution in [2.45, 2.75) is 55.1 Å². The minimum atomic E-state index is -1.86. The van der Waals surface area contributed by atoms with E-state index in [9.17, 15) is 35.7 Å². The molecule has 1 rings (SSSR count). The number of hydrogen-bond acceptors (Lipinski definition) is 11. The summed E-state index contributed by atoms with van der Waals surface area (Å²) in [5.41, 5.74) is 0. The van der Waals surface area contributed by atoms with Crippen LogP contribution in [0.15, 0.2) is 0 Å². The molecule has 0 amide bonds. The molecule has 0 unspecified atom stereocenters. The second kappa shape index (κ2) is 9.15. The lowest BCUT2D eigenvalue weighted by Crippen LogP contribution is -2.61. The van der Waals surface area contributed by atoms with Crippen LogP contribution in [0.2, 0.25) is 0 Å². The Balaban J connectivity index is 2.77. The van der Waals surface area contributed by atoms with Gasteiger partial charge in [0.15, 0.2) is 6.29 Å². The first-order chi connectivity index (χ1) is 10.8. The predicted octanol–water partition coefficient (Wildman–Crippen LogP) is -5.76. The van der Waals surface area contributed by atoms with Crippen LogP contribution < -0.4 is 0 Å². The highest BCUT2D eigenvalue weighted by atomic mass is 16.7. The average Bonchev–Trinajstić information content (AvgIpc) is 2.57. The highest BCUT2D eigenvalue weighted by Crippen LogP contribution is 2.24. The number of hydrogen-bond donors (Lipinski definition) is 9. The van der Waals surface area contributed by atoms with E-state index in [-0.39, 0.29) is 0 Å². The first kappa shape index (κ1) is 20.6. The molecule has 1 saturated heterocycles. The second-order valence-corrected chi connectivity index (χ2v) is 5.29. The van der Waals surface area contributed by atoms with E-state index in [4.69, 9.17) is 19.7 Å². The Morgan fingerprint density at radius 1 is 0.826 bits per heavy atom. The monoisotopic (exact) mass is 344 g/mol. The number of aliphatic hydroxyl groups is 9. The fraction of sp³-hybridized carbons (Fsp3) is 1.00. The molecule has 9 N–H and O–H groups in total. The molecule has 1 fully saturated rings. The van der Waals surface area contributed by atoms with E-state index in [1.165, 1.54) is 0 Å². The average molecular weight is 344 g/mol. The van der Waals surface area contributed by atoms with E-state index in [1.807, 2.05) is 0 Å². The van der Waals surface area contributed by atoms with Crippen molar-refractivity contribution in [2.75, 3.05) is 19.8 Å². The SMILES string of the molecule is OC[C@@H](O)[C@@H](O)[C@H](O)[C@H](CO)O[C@@H]1O[C@H](CO)[C@@H](O)[C@H](O)[C@H]1O. The second-order valence-electron chi connectivity index (χ2n) is 5.29. The molecule has 1 aliphatic heterocycles. The largest absolute Gasteiger partial charge is 0.394 e. The van der Waals surface area contributed by atoms with E-state index in [0.29, 0.717) is 0 Å². The van der Waals surface area contributed by atoms with Crippen molar-refractivity contribution in [3.8, 4) is 0 Å². The Hall–Kier alpha value is -0.440. The Morgan fingerprint density at radius 3 is 1.91 bits per heavy atom. The molecule has 11 heteroatoms. The van der Waals surface area contributed by atoms with E-state index in [1.54, 1.807) is 0 Å².